The van der Waals surface area contributed by atoms with Gasteiger partial charge in [-0.2, -0.15) is 0 Å². The molecule has 2 aromatic rings. The second-order valence-corrected chi connectivity index (χ2v) is 6.04. The van der Waals surface area contributed by atoms with Crippen molar-refractivity contribution in [2.45, 2.75) is 25.6 Å². The van der Waals surface area contributed by atoms with E-state index in [0.717, 1.165) is 16.0 Å². The molecule has 118 valence electrons. The zero-order chi connectivity index (χ0) is 16.3. The lowest BCUT2D eigenvalue weighted by molar-refractivity contribution is -0.119. The summed E-state index contributed by atoms with van der Waals surface area (Å²) in [5, 5.41) is 32.6. The molecule has 1 amide bonds. The van der Waals surface area contributed by atoms with Crippen molar-refractivity contribution in [2.24, 2.45) is 0 Å². The number of fused-ring (bicyclic) bond motifs is 1. The van der Waals surface area contributed by atoms with E-state index in [-0.39, 0.29) is 23.7 Å². The van der Waals surface area contributed by atoms with Gasteiger partial charge in [-0.25, -0.2) is 4.79 Å². The molecule has 1 heterocycles. The number of carbonyl (C=O) groups excluding carboxylic acids is 1. The minimum Gasteiger partial charge on any atom is -0.477 e. The average Bonchev–Trinajstić information content (AvgIpc) is 2.90. The van der Waals surface area contributed by atoms with E-state index < -0.39 is 18.2 Å². The molecule has 0 saturated heterocycles. The van der Waals surface area contributed by atoms with Crippen LogP contribution < -0.4 is 5.32 Å². The average molecular weight is 323 g/mol. The molecule has 4 N–H and O–H groups in total. The molecule has 1 aromatic carbocycles. The summed E-state index contributed by atoms with van der Waals surface area (Å²) < 4.78 is 0.739. The van der Waals surface area contributed by atoms with E-state index >= 15 is 0 Å². The van der Waals surface area contributed by atoms with Crippen LogP contribution in [0.2, 0.25) is 0 Å². The summed E-state index contributed by atoms with van der Waals surface area (Å²) in [6.07, 6.45) is -1.99. The topological polar surface area (TPSA) is 107 Å². The van der Waals surface area contributed by atoms with Crippen molar-refractivity contribution in [3.05, 3.63) is 34.7 Å². The number of carboxylic acid groups (broad SMARTS) is 1. The van der Waals surface area contributed by atoms with Crippen LogP contribution in [0.25, 0.3) is 10.1 Å². The Morgan fingerprint density at radius 3 is 2.68 bits per heavy atom. The maximum Gasteiger partial charge on any atom is 0.345 e. The van der Waals surface area contributed by atoms with Gasteiger partial charge in [0.2, 0.25) is 5.91 Å². The van der Waals surface area contributed by atoms with Crippen molar-refractivity contribution in [3.63, 3.8) is 0 Å². The van der Waals surface area contributed by atoms with Crippen LogP contribution in [0.5, 0.6) is 0 Å². The SMILES string of the molecule is CC(=O)NCCC(O)C(O)c1cccc2sc(C(=O)O)cc12. The molecule has 0 radical (unpaired) electrons. The van der Waals surface area contributed by atoms with Gasteiger partial charge in [-0.05, 0) is 29.5 Å². The highest BCUT2D eigenvalue weighted by molar-refractivity contribution is 7.20. The van der Waals surface area contributed by atoms with Crippen LogP contribution in [0.4, 0.5) is 0 Å². The summed E-state index contributed by atoms with van der Waals surface area (Å²) in [4.78, 5) is 22.0. The summed E-state index contributed by atoms with van der Waals surface area (Å²) in [5.74, 6) is -1.22. The number of nitrogens with one attached hydrogen (secondary N) is 1. The van der Waals surface area contributed by atoms with Gasteiger partial charge in [-0.1, -0.05) is 12.1 Å². The summed E-state index contributed by atoms with van der Waals surface area (Å²) in [7, 11) is 0. The first-order valence-corrected chi connectivity index (χ1v) is 7.58. The highest BCUT2D eigenvalue weighted by atomic mass is 32.1. The minimum absolute atomic E-state index is 0.183. The monoisotopic (exact) mass is 323 g/mol. The lowest BCUT2D eigenvalue weighted by Gasteiger charge is -2.19. The van der Waals surface area contributed by atoms with E-state index in [1.807, 2.05) is 0 Å². The molecule has 0 fully saturated rings. The van der Waals surface area contributed by atoms with Crippen LogP contribution >= 0.6 is 11.3 Å². The molecule has 0 bridgehead atoms. The zero-order valence-electron chi connectivity index (χ0n) is 11.9. The molecule has 7 heteroatoms. The number of hydrogen-bond donors (Lipinski definition) is 4. The van der Waals surface area contributed by atoms with Crippen LogP contribution in [0.15, 0.2) is 24.3 Å². The lowest BCUT2D eigenvalue weighted by atomic mass is 9.99. The highest BCUT2D eigenvalue weighted by Gasteiger charge is 2.21. The Morgan fingerprint density at radius 1 is 1.32 bits per heavy atom. The molecule has 0 saturated carbocycles. The van der Waals surface area contributed by atoms with Gasteiger partial charge in [0, 0.05) is 18.2 Å². The van der Waals surface area contributed by atoms with E-state index in [4.69, 9.17) is 5.11 Å². The Labute approximate surface area is 131 Å². The predicted molar refractivity (Wildman–Crippen MR) is 83.1 cm³/mol. The Hall–Kier alpha value is -1.96. The first-order valence-electron chi connectivity index (χ1n) is 6.76. The van der Waals surface area contributed by atoms with E-state index in [2.05, 4.69) is 5.32 Å². The number of carbonyl (C=O) groups is 2. The molecule has 2 atom stereocenters. The van der Waals surface area contributed by atoms with Crippen molar-refractivity contribution in [3.8, 4) is 0 Å². The Morgan fingerprint density at radius 2 is 2.05 bits per heavy atom. The molecule has 0 aliphatic carbocycles. The number of aliphatic hydroxyl groups is 2. The number of carboxylic acids is 1. The minimum atomic E-state index is -1.14. The smallest absolute Gasteiger partial charge is 0.345 e. The molecule has 0 spiro atoms. The molecule has 1 aromatic heterocycles. The highest BCUT2D eigenvalue weighted by Crippen LogP contribution is 2.33. The van der Waals surface area contributed by atoms with Gasteiger partial charge in [0.15, 0.2) is 0 Å². The third-order valence-corrected chi connectivity index (χ3v) is 4.39. The van der Waals surface area contributed by atoms with Gasteiger partial charge < -0.3 is 20.6 Å². The van der Waals surface area contributed by atoms with E-state index in [1.54, 1.807) is 18.2 Å². The maximum atomic E-state index is 11.0. The number of aliphatic hydroxyl groups excluding tert-OH is 2. The Bertz CT molecular complexity index is 696. The molecule has 0 aliphatic heterocycles. The predicted octanol–water partition coefficient (Wildman–Crippen LogP) is 1.52. The largest absolute Gasteiger partial charge is 0.477 e. The Balaban J connectivity index is 2.21. The van der Waals surface area contributed by atoms with Gasteiger partial charge in [0.25, 0.3) is 0 Å². The normalized spacial score (nSPS) is 13.8. The molecule has 6 nitrogen and oxygen atoms in total. The second kappa shape index (κ2) is 6.87. The van der Waals surface area contributed by atoms with Crippen molar-refractivity contribution < 1.29 is 24.9 Å². The van der Waals surface area contributed by atoms with Crippen LogP contribution in [0.3, 0.4) is 0 Å². The molecule has 22 heavy (non-hydrogen) atoms. The summed E-state index contributed by atoms with van der Waals surface area (Å²) in [5.41, 5.74) is 0.483. The van der Waals surface area contributed by atoms with E-state index in [0.29, 0.717) is 10.9 Å². The fourth-order valence-electron chi connectivity index (χ4n) is 2.21. The van der Waals surface area contributed by atoms with Crippen LogP contribution in [0, 0.1) is 0 Å². The number of hydrogen-bond acceptors (Lipinski definition) is 5. The van der Waals surface area contributed by atoms with Crippen molar-refractivity contribution in [1.29, 1.82) is 0 Å². The van der Waals surface area contributed by atoms with Crippen LogP contribution in [0.1, 0.15) is 34.7 Å². The molecule has 2 unspecified atom stereocenters. The van der Waals surface area contributed by atoms with Crippen LogP contribution in [-0.2, 0) is 4.79 Å². The summed E-state index contributed by atoms with van der Waals surface area (Å²) in [6.45, 7) is 1.63. The number of benzene rings is 1. The van der Waals surface area contributed by atoms with E-state index in [1.165, 1.54) is 13.0 Å². The van der Waals surface area contributed by atoms with Crippen molar-refractivity contribution >= 4 is 33.3 Å². The van der Waals surface area contributed by atoms with Gasteiger partial charge in [-0.15, -0.1) is 11.3 Å². The lowest BCUT2D eigenvalue weighted by Crippen LogP contribution is -2.27. The molecule has 2 rings (SSSR count). The third kappa shape index (κ3) is 3.62. The van der Waals surface area contributed by atoms with E-state index in [9.17, 15) is 19.8 Å². The second-order valence-electron chi connectivity index (χ2n) is 4.96. The molecule has 0 aliphatic rings. The fourth-order valence-corrected chi connectivity index (χ4v) is 3.14. The van der Waals surface area contributed by atoms with Gasteiger partial charge >= 0.3 is 5.97 Å². The number of amides is 1. The van der Waals surface area contributed by atoms with Crippen molar-refractivity contribution in [1.82, 2.24) is 5.32 Å². The number of thiophene rings is 1. The molecular formula is C15H17NO5S. The fraction of sp³-hybridized carbons (Fsp3) is 0.333. The quantitative estimate of drug-likeness (QED) is 0.645. The summed E-state index contributed by atoms with van der Waals surface area (Å²) in [6, 6.07) is 6.64. The first-order chi connectivity index (χ1) is 10.4. The van der Waals surface area contributed by atoms with Crippen molar-refractivity contribution in [2.75, 3.05) is 6.54 Å². The first kappa shape index (κ1) is 16.4. The van der Waals surface area contributed by atoms with Gasteiger partial charge in [-0.3, -0.25) is 4.79 Å². The summed E-state index contributed by atoms with van der Waals surface area (Å²) >= 11 is 1.12. The standard InChI is InChI=1S/C15H17NO5S/c1-8(17)16-6-5-11(18)14(19)9-3-2-4-12-10(9)7-13(22-12)15(20)21/h2-4,7,11,14,18-19H,5-6H2,1H3,(H,16,17)(H,20,21). The number of aromatic carboxylic acids is 1. The third-order valence-electron chi connectivity index (χ3n) is 3.30. The maximum absolute atomic E-state index is 11.0. The van der Waals surface area contributed by atoms with Crippen LogP contribution in [-0.4, -0.2) is 39.8 Å². The number of rotatable bonds is 6. The Kier molecular flexibility index (Phi) is 5.12. The molecular weight excluding hydrogens is 306 g/mol. The van der Waals surface area contributed by atoms with Gasteiger partial charge in [0.05, 0.1) is 6.10 Å². The zero-order valence-corrected chi connectivity index (χ0v) is 12.8. The van der Waals surface area contributed by atoms with Gasteiger partial charge in [0.1, 0.15) is 11.0 Å².